The molecule has 0 radical (unpaired) electrons. The number of amides is 2. The van der Waals surface area contributed by atoms with Crippen molar-refractivity contribution in [3.05, 3.63) is 89.5 Å². The lowest BCUT2D eigenvalue weighted by Crippen LogP contribution is -2.53. The first kappa shape index (κ1) is 30.7. The summed E-state index contributed by atoms with van der Waals surface area (Å²) in [4.78, 5) is 28.9. The van der Waals surface area contributed by atoms with Crippen LogP contribution in [-0.4, -0.2) is 50.9 Å². The van der Waals surface area contributed by atoms with Crippen LogP contribution < -0.4 is 14.4 Å². The molecule has 214 valence electrons. The maximum absolute atomic E-state index is 14.1. The standard InChI is InChI=1S/C31H39N3O5S/c1-7-28(31(36)32-22(2)3)33(20-25-14-16-26(39-6)17-15-25)30(35)21-34(29-18-13-23(4)19-24(29)5)40(37,38)27-11-9-8-10-12-27/h8-19,22,28H,7,20-21H2,1-6H3,(H,32,36)/t28-/m1/s1. The molecule has 3 aromatic carbocycles. The van der Waals surface area contributed by atoms with E-state index in [4.69, 9.17) is 4.74 Å². The SMILES string of the molecule is CC[C@H](C(=O)NC(C)C)N(Cc1ccc(OC)cc1)C(=O)CN(c1ccc(C)cc1C)S(=O)(=O)c1ccccc1. The van der Waals surface area contributed by atoms with Crippen molar-refractivity contribution in [1.29, 1.82) is 0 Å². The van der Waals surface area contributed by atoms with Gasteiger partial charge in [0.15, 0.2) is 0 Å². The van der Waals surface area contributed by atoms with Crippen LogP contribution in [-0.2, 0) is 26.2 Å². The molecule has 0 heterocycles. The van der Waals surface area contributed by atoms with Gasteiger partial charge >= 0.3 is 0 Å². The minimum Gasteiger partial charge on any atom is -0.497 e. The molecule has 0 aromatic heterocycles. The first-order chi connectivity index (χ1) is 19.0. The van der Waals surface area contributed by atoms with Crippen LogP contribution in [0.3, 0.4) is 0 Å². The first-order valence-electron chi connectivity index (χ1n) is 13.4. The van der Waals surface area contributed by atoms with Gasteiger partial charge in [0.05, 0.1) is 17.7 Å². The maximum atomic E-state index is 14.1. The molecule has 1 atom stereocenters. The third-order valence-electron chi connectivity index (χ3n) is 6.56. The number of sulfonamides is 1. The Morgan fingerprint density at radius 3 is 2.15 bits per heavy atom. The Morgan fingerprint density at radius 2 is 1.60 bits per heavy atom. The summed E-state index contributed by atoms with van der Waals surface area (Å²) < 4.78 is 34.3. The summed E-state index contributed by atoms with van der Waals surface area (Å²) in [6, 6.07) is 19.8. The van der Waals surface area contributed by atoms with Gasteiger partial charge in [-0.15, -0.1) is 0 Å². The van der Waals surface area contributed by atoms with E-state index in [0.29, 0.717) is 17.9 Å². The number of hydrogen-bond donors (Lipinski definition) is 1. The van der Waals surface area contributed by atoms with Crippen LogP contribution in [0.15, 0.2) is 77.7 Å². The predicted octanol–water partition coefficient (Wildman–Crippen LogP) is 4.84. The summed E-state index contributed by atoms with van der Waals surface area (Å²) in [6.07, 6.45) is 0.357. The van der Waals surface area contributed by atoms with E-state index < -0.39 is 28.5 Å². The van der Waals surface area contributed by atoms with Gasteiger partial charge in [-0.3, -0.25) is 13.9 Å². The lowest BCUT2D eigenvalue weighted by atomic mass is 10.1. The fourth-order valence-corrected chi connectivity index (χ4v) is 6.05. The third kappa shape index (κ3) is 7.41. The predicted molar refractivity (Wildman–Crippen MR) is 158 cm³/mol. The van der Waals surface area contributed by atoms with Crippen molar-refractivity contribution in [2.75, 3.05) is 18.0 Å². The fourth-order valence-electron chi connectivity index (χ4n) is 4.55. The van der Waals surface area contributed by atoms with Gasteiger partial charge in [-0.25, -0.2) is 8.42 Å². The van der Waals surface area contributed by atoms with Crippen molar-refractivity contribution in [1.82, 2.24) is 10.2 Å². The van der Waals surface area contributed by atoms with E-state index in [1.165, 1.54) is 17.0 Å². The van der Waals surface area contributed by atoms with Crippen LogP contribution in [0.25, 0.3) is 0 Å². The molecule has 0 aliphatic heterocycles. The molecular formula is C31H39N3O5S. The summed E-state index contributed by atoms with van der Waals surface area (Å²) in [5, 5.41) is 2.90. The topological polar surface area (TPSA) is 96.0 Å². The van der Waals surface area contributed by atoms with Gasteiger partial charge < -0.3 is 15.0 Å². The van der Waals surface area contributed by atoms with Crippen LogP contribution in [0.4, 0.5) is 5.69 Å². The highest BCUT2D eigenvalue weighted by atomic mass is 32.2. The van der Waals surface area contributed by atoms with Crippen LogP contribution >= 0.6 is 0 Å². The molecule has 0 fully saturated rings. The molecule has 9 heteroatoms. The van der Waals surface area contributed by atoms with E-state index >= 15 is 0 Å². The van der Waals surface area contributed by atoms with E-state index in [2.05, 4.69) is 5.32 Å². The number of carbonyl (C=O) groups excluding carboxylic acids is 2. The Labute approximate surface area is 238 Å². The Balaban J connectivity index is 2.08. The number of carbonyl (C=O) groups is 2. The molecule has 0 aliphatic carbocycles. The quantitative estimate of drug-likeness (QED) is 0.339. The van der Waals surface area contributed by atoms with E-state index in [9.17, 15) is 18.0 Å². The molecule has 0 aliphatic rings. The lowest BCUT2D eigenvalue weighted by Gasteiger charge is -2.34. The molecule has 3 aromatic rings. The van der Waals surface area contributed by atoms with E-state index in [1.807, 2.05) is 58.9 Å². The molecule has 0 unspecified atom stereocenters. The smallest absolute Gasteiger partial charge is 0.264 e. The zero-order valence-electron chi connectivity index (χ0n) is 24.0. The number of methoxy groups -OCH3 is 1. The molecule has 8 nitrogen and oxygen atoms in total. The molecular weight excluding hydrogens is 526 g/mol. The van der Waals surface area contributed by atoms with Crippen molar-refractivity contribution in [3.63, 3.8) is 0 Å². The molecule has 0 saturated carbocycles. The Morgan fingerprint density at radius 1 is 0.950 bits per heavy atom. The van der Waals surface area contributed by atoms with Crippen LogP contribution in [0.5, 0.6) is 5.75 Å². The number of ether oxygens (including phenoxy) is 1. The summed E-state index contributed by atoms with van der Waals surface area (Å²) >= 11 is 0. The van der Waals surface area contributed by atoms with Gasteiger partial charge in [-0.1, -0.05) is 55.0 Å². The van der Waals surface area contributed by atoms with E-state index in [0.717, 1.165) is 21.0 Å². The summed E-state index contributed by atoms with van der Waals surface area (Å²) in [5.74, 6) is -0.106. The molecule has 0 spiro atoms. The number of aryl methyl sites for hydroxylation is 2. The number of anilines is 1. The number of nitrogens with one attached hydrogen (secondary N) is 1. The highest BCUT2D eigenvalue weighted by Gasteiger charge is 2.34. The van der Waals surface area contributed by atoms with Crippen molar-refractivity contribution in [3.8, 4) is 5.75 Å². The molecule has 0 bridgehead atoms. The van der Waals surface area contributed by atoms with Gasteiger partial charge in [0, 0.05) is 12.6 Å². The third-order valence-corrected chi connectivity index (χ3v) is 8.33. The Hall–Kier alpha value is -3.85. The first-order valence-corrected chi connectivity index (χ1v) is 14.8. The normalized spacial score (nSPS) is 12.1. The Bertz CT molecular complexity index is 1410. The minimum atomic E-state index is -4.10. The van der Waals surface area contributed by atoms with Crippen LogP contribution in [0.1, 0.15) is 43.9 Å². The van der Waals surface area contributed by atoms with Crippen LogP contribution in [0.2, 0.25) is 0 Å². The monoisotopic (exact) mass is 565 g/mol. The fraction of sp³-hybridized carbons (Fsp3) is 0.355. The van der Waals surface area contributed by atoms with E-state index in [-0.39, 0.29) is 23.4 Å². The number of benzene rings is 3. The zero-order chi connectivity index (χ0) is 29.4. The second-order valence-electron chi connectivity index (χ2n) is 10.1. The number of rotatable bonds is 12. The van der Waals surface area contributed by atoms with Crippen molar-refractivity contribution in [2.24, 2.45) is 0 Å². The average molecular weight is 566 g/mol. The minimum absolute atomic E-state index is 0.0778. The summed E-state index contributed by atoms with van der Waals surface area (Å²) in [5.41, 5.74) is 2.89. The molecule has 0 saturated heterocycles. The van der Waals surface area contributed by atoms with Crippen molar-refractivity contribution in [2.45, 2.75) is 64.6 Å². The van der Waals surface area contributed by atoms with Gasteiger partial charge in [0.2, 0.25) is 11.8 Å². The van der Waals surface area contributed by atoms with Crippen molar-refractivity contribution < 1.29 is 22.7 Å². The average Bonchev–Trinajstić information content (AvgIpc) is 2.92. The second-order valence-corrected chi connectivity index (χ2v) is 11.9. The molecule has 3 rings (SSSR count). The lowest BCUT2D eigenvalue weighted by molar-refractivity contribution is -0.140. The largest absolute Gasteiger partial charge is 0.497 e. The Kier molecular flexibility index (Phi) is 10.3. The summed E-state index contributed by atoms with van der Waals surface area (Å²) in [6.45, 7) is 8.94. The summed E-state index contributed by atoms with van der Waals surface area (Å²) in [7, 11) is -2.53. The highest BCUT2D eigenvalue weighted by molar-refractivity contribution is 7.92. The van der Waals surface area contributed by atoms with Gasteiger partial charge in [-0.05, 0) is 75.6 Å². The van der Waals surface area contributed by atoms with Gasteiger partial charge in [0.25, 0.3) is 10.0 Å². The highest BCUT2D eigenvalue weighted by Crippen LogP contribution is 2.28. The molecule has 1 N–H and O–H groups in total. The molecule has 40 heavy (non-hydrogen) atoms. The zero-order valence-corrected chi connectivity index (χ0v) is 24.9. The second kappa shape index (κ2) is 13.5. The van der Waals surface area contributed by atoms with E-state index in [1.54, 1.807) is 43.5 Å². The van der Waals surface area contributed by atoms with Crippen molar-refractivity contribution >= 4 is 27.5 Å². The molecule has 2 amide bonds. The number of hydrogen-bond acceptors (Lipinski definition) is 5. The maximum Gasteiger partial charge on any atom is 0.264 e. The van der Waals surface area contributed by atoms with Crippen LogP contribution in [0, 0.1) is 13.8 Å². The van der Waals surface area contributed by atoms with Gasteiger partial charge in [0.1, 0.15) is 18.3 Å². The van der Waals surface area contributed by atoms with Gasteiger partial charge in [-0.2, -0.15) is 0 Å². The number of nitrogens with zero attached hydrogens (tertiary/aromatic N) is 2.